The molecule has 0 bridgehead atoms. The minimum atomic E-state index is -5.14. The van der Waals surface area contributed by atoms with E-state index in [2.05, 4.69) is 9.46 Å². The zero-order valence-electron chi connectivity index (χ0n) is 14.9. The molecule has 0 spiro atoms. The second-order valence-electron chi connectivity index (χ2n) is 6.40. The third-order valence-corrected chi connectivity index (χ3v) is 6.04. The third-order valence-electron chi connectivity index (χ3n) is 4.24. The molecule has 1 aliphatic rings. The Morgan fingerprint density at radius 1 is 1.07 bits per heavy atom. The van der Waals surface area contributed by atoms with Crippen LogP contribution in [-0.2, 0) is 14.8 Å². The summed E-state index contributed by atoms with van der Waals surface area (Å²) in [4.78, 5) is -2.60. The predicted molar refractivity (Wildman–Crippen MR) is 102 cm³/mol. The highest BCUT2D eigenvalue weighted by Crippen LogP contribution is 2.39. The van der Waals surface area contributed by atoms with E-state index < -0.39 is 27.7 Å². The summed E-state index contributed by atoms with van der Waals surface area (Å²) in [5.41, 5.74) is 2.31. The first-order valence-corrected chi connectivity index (χ1v) is 9.89. The van der Waals surface area contributed by atoms with E-state index in [4.69, 9.17) is 0 Å². The molecule has 148 valence electrons. The van der Waals surface area contributed by atoms with Crippen LogP contribution >= 0.6 is 0 Å². The second-order valence-corrected chi connectivity index (χ2v) is 8.30. The van der Waals surface area contributed by atoms with Gasteiger partial charge in [0.05, 0.1) is 0 Å². The van der Waals surface area contributed by atoms with Crippen molar-refractivity contribution in [3.8, 4) is 0 Å². The van der Waals surface area contributed by atoms with Crippen LogP contribution in [0.15, 0.2) is 72.8 Å². The van der Waals surface area contributed by atoms with E-state index in [-0.39, 0.29) is 5.69 Å². The van der Waals surface area contributed by atoms with E-state index in [1.165, 1.54) is 24.3 Å². The van der Waals surface area contributed by atoms with Gasteiger partial charge >= 0.3 is 6.36 Å². The minimum Gasteiger partial charge on any atom is -0.281 e. The van der Waals surface area contributed by atoms with Gasteiger partial charge < -0.3 is 0 Å². The summed E-state index contributed by atoms with van der Waals surface area (Å²) in [5, 5.41) is 0. The average molecular weight is 409 g/mol. The van der Waals surface area contributed by atoms with E-state index in [1.807, 2.05) is 6.07 Å². The lowest BCUT2D eigenvalue weighted by Gasteiger charge is -2.32. The van der Waals surface area contributed by atoms with Crippen LogP contribution in [-0.4, -0.2) is 19.7 Å². The van der Waals surface area contributed by atoms with Crippen LogP contribution < -0.4 is 4.72 Å². The molecule has 0 aromatic heterocycles. The molecule has 4 nitrogen and oxygen atoms in total. The van der Waals surface area contributed by atoms with E-state index in [0.717, 1.165) is 17.2 Å². The van der Waals surface area contributed by atoms with Gasteiger partial charge in [0, 0.05) is 12.1 Å². The number of ether oxygens (including phenoxy) is 1. The van der Waals surface area contributed by atoms with E-state index in [0.29, 0.717) is 5.57 Å². The molecular weight excluding hydrogens is 391 g/mol. The van der Waals surface area contributed by atoms with Gasteiger partial charge in [0.25, 0.3) is 10.0 Å². The number of anilines is 1. The molecule has 0 saturated heterocycles. The maximum atomic E-state index is 13.1. The molecule has 2 aromatic carbocycles. The van der Waals surface area contributed by atoms with Crippen LogP contribution in [0.25, 0.3) is 5.57 Å². The highest BCUT2D eigenvalue weighted by molar-refractivity contribution is 7.94. The van der Waals surface area contributed by atoms with E-state index in [9.17, 15) is 21.6 Å². The molecular formula is C20H18F3NO3S. The van der Waals surface area contributed by atoms with Crippen molar-refractivity contribution in [2.24, 2.45) is 0 Å². The smallest absolute Gasteiger partial charge is 0.281 e. The summed E-state index contributed by atoms with van der Waals surface area (Å²) < 4.78 is 71.3. The fraction of sp³-hybridized carbons (Fsp3) is 0.200. The van der Waals surface area contributed by atoms with E-state index >= 15 is 0 Å². The highest BCUT2D eigenvalue weighted by atomic mass is 32.2. The predicted octanol–water partition coefficient (Wildman–Crippen LogP) is 5.01. The summed E-state index contributed by atoms with van der Waals surface area (Å²) in [6.45, 7) is 1.75. The van der Waals surface area contributed by atoms with E-state index in [1.54, 1.807) is 43.3 Å². The molecule has 0 radical (unpaired) electrons. The summed E-state index contributed by atoms with van der Waals surface area (Å²) in [6, 6.07) is 15.3. The van der Waals surface area contributed by atoms with Crippen molar-refractivity contribution in [3.63, 3.8) is 0 Å². The second kappa shape index (κ2) is 7.44. The Hall–Kier alpha value is -2.58. The number of benzene rings is 2. The molecule has 1 atom stereocenters. The lowest BCUT2D eigenvalue weighted by Crippen LogP contribution is -2.47. The van der Waals surface area contributed by atoms with Gasteiger partial charge in [-0.2, -0.15) is 0 Å². The molecule has 3 rings (SSSR count). The van der Waals surface area contributed by atoms with Gasteiger partial charge in [0.15, 0.2) is 0 Å². The van der Waals surface area contributed by atoms with Crippen LogP contribution in [0.1, 0.15) is 17.5 Å². The molecule has 0 saturated carbocycles. The molecule has 28 heavy (non-hydrogen) atoms. The summed E-state index contributed by atoms with van der Waals surface area (Å²) in [6.07, 6.45) is -1.92. The Morgan fingerprint density at radius 2 is 1.79 bits per heavy atom. The third kappa shape index (κ3) is 4.45. The SMILES string of the molecule is Cc1cccc(NS(=O)(=O)C2(OC(F)(F)F)C=CC(c3ccccc3)=CC2)c1. The summed E-state index contributed by atoms with van der Waals surface area (Å²) in [7, 11) is -4.58. The number of nitrogens with one attached hydrogen (secondary N) is 1. The Balaban J connectivity index is 1.96. The number of alkyl halides is 3. The largest absolute Gasteiger partial charge is 0.524 e. The number of sulfonamides is 1. The summed E-state index contributed by atoms with van der Waals surface area (Å²) in [5.74, 6) is 0. The minimum absolute atomic E-state index is 0.163. The molecule has 0 amide bonds. The molecule has 0 heterocycles. The van der Waals surface area contributed by atoms with Gasteiger partial charge in [-0.15, -0.1) is 13.2 Å². The van der Waals surface area contributed by atoms with Gasteiger partial charge in [-0.25, -0.2) is 8.42 Å². The molecule has 1 aliphatic carbocycles. The zero-order valence-corrected chi connectivity index (χ0v) is 15.7. The zero-order chi connectivity index (χ0) is 20.4. The maximum absolute atomic E-state index is 13.1. The van der Waals surface area contributed by atoms with Gasteiger partial charge in [-0.3, -0.25) is 9.46 Å². The Labute approximate surface area is 161 Å². The number of hydrogen-bond acceptors (Lipinski definition) is 3. The first-order valence-electron chi connectivity index (χ1n) is 8.41. The van der Waals surface area contributed by atoms with Crippen molar-refractivity contribution in [1.82, 2.24) is 0 Å². The quantitative estimate of drug-likeness (QED) is 0.755. The van der Waals surface area contributed by atoms with Crippen molar-refractivity contribution in [1.29, 1.82) is 0 Å². The van der Waals surface area contributed by atoms with Crippen LogP contribution in [0.4, 0.5) is 18.9 Å². The molecule has 8 heteroatoms. The average Bonchev–Trinajstić information content (AvgIpc) is 2.61. The number of halogens is 3. The van der Waals surface area contributed by atoms with Gasteiger partial charge in [-0.05, 0) is 41.8 Å². The van der Waals surface area contributed by atoms with Crippen LogP contribution in [0.3, 0.4) is 0 Å². The van der Waals surface area contributed by atoms with Crippen molar-refractivity contribution in [2.75, 3.05) is 4.72 Å². The Kier molecular flexibility index (Phi) is 5.36. The number of allylic oxidation sites excluding steroid dienone is 2. The molecule has 1 unspecified atom stereocenters. The van der Waals surface area contributed by atoms with Crippen molar-refractivity contribution in [3.05, 3.63) is 84.0 Å². The standard InChI is InChI=1S/C20H18F3NO3S/c1-15-6-5-9-18(14-15)24-28(25,26)19(27-20(21,22)23)12-10-17(11-13-19)16-7-3-2-4-8-16/h2-12,14,24H,13H2,1H3. The monoisotopic (exact) mass is 409 g/mol. The summed E-state index contributed by atoms with van der Waals surface area (Å²) >= 11 is 0. The van der Waals surface area contributed by atoms with Crippen LogP contribution in [0.2, 0.25) is 0 Å². The number of aryl methyl sites for hydroxylation is 1. The van der Waals surface area contributed by atoms with Gasteiger partial charge in [0.2, 0.25) is 4.93 Å². The van der Waals surface area contributed by atoms with Crippen LogP contribution in [0.5, 0.6) is 0 Å². The molecule has 1 N–H and O–H groups in total. The van der Waals surface area contributed by atoms with Gasteiger partial charge in [0.1, 0.15) is 0 Å². The number of hydrogen-bond donors (Lipinski definition) is 1. The molecule has 0 fully saturated rings. The number of rotatable bonds is 5. The molecule has 2 aromatic rings. The lowest BCUT2D eigenvalue weighted by atomic mass is 9.98. The Morgan fingerprint density at radius 3 is 2.36 bits per heavy atom. The first-order chi connectivity index (χ1) is 13.1. The highest BCUT2D eigenvalue weighted by Gasteiger charge is 2.51. The fourth-order valence-electron chi connectivity index (χ4n) is 2.93. The first kappa shape index (κ1) is 20.2. The van der Waals surface area contributed by atoms with Crippen molar-refractivity contribution >= 4 is 21.3 Å². The lowest BCUT2D eigenvalue weighted by molar-refractivity contribution is -0.343. The fourth-order valence-corrected chi connectivity index (χ4v) is 4.29. The van der Waals surface area contributed by atoms with Crippen molar-refractivity contribution in [2.45, 2.75) is 24.6 Å². The normalized spacial score (nSPS) is 19.9. The topological polar surface area (TPSA) is 55.4 Å². The van der Waals surface area contributed by atoms with Gasteiger partial charge in [-0.1, -0.05) is 54.6 Å². The Bertz CT molecular complexity index is 1010. The maximum Gasteiger partial charge on any atom is 0.524 e. The van der Waals surface area contributed by atoms with Crippen LogP contribution in [0, 0.1) is 6.92 Å². The molecule has 0 aliphatic heterocycles. The van der Waals surface area contributed by atoms with Crippen molar-refractivity contribution < 1.29 is 26.3 Å².